The van der Waals surface area contributed by atoms with Crippen molar-refractivity contribution in [2.75, 3.05) is 13.7 Å². The molecule has 2 aromatic carbocycles. The number of amides is 2. The lowest BCUT2D eigenvalue weighted by atomic mass is 10.0. The fourth-order valence-corrected chi connectivity index (χ4v) is 4.73. The number of rotatable bonds is 5. The molecule has 3 atom stereocenters. The number of nitriles is 1. The number of carbonyl (C=O) groups excluding carboxylic acids is 2. The van der Waals surface area contributed by atoms with Crippen molar-refractivity contribution >= 4 is 38.7 Å². The van der Waals surface area contributed by atoms with E-state index in [2.05, 4.69) is 61.5 Å². The number of fused-ring (bicyclic) bond motifs is 1. The Morgan fingerprint density at radius 2 is 2.00 bits per heavy atom. The summed E-state index contributed by atoms with van der Waals surface area (Å²) in [6.45, 7) is 4.00. The molecule has 1 aromatic heterocycles. The predicted octanol–water partition coefficient (Wildman–Crippen LogP) is 4.79. The van der Waals surface area contributed by atoms with Crippen molar-refractivity contribution in [2.24, 2.45) is 11.8 Å². The summed E-state index contributed by atoms with van der Waals surface area (Å²) >= 11 is 3.50. The number of imidazole rings is 1. The highest BCUT2D eigenvalue weighted by atomic mass is 79.9. The number of halogens is 1. The van der Waals surface area contributed by atoms with Gasteiger partial charge in [0.25, 0.3) is 0 Å². The van der Waals surface area contributed by atoms with Gasteiger partial charge >= 0.3 is 6.09 Å². The number of aromatic amines is 1. The lowest BCUT2D eigenvalue weighted by molar-refractivity contribution is -0.135. The number of hydrogen-bond donors (Lipinski definition) is 2. The van der Waals surface area contributed by atoms with Gasteiger partial charge in [-0.1, -0.05) is 48.0 Å². The van der Waals surface area contributed by atoms with Crippen molar-refractivity contribution in [3.8, 4) is 17.3 Å². The standard InChI is InChI=1S/C25H26BrN5O3/c1-14(2)22(30-25(33)34-3)24(32)31-13-15(11-27)8-21(31)23-28-12-20(29-23)18-5-4-17-10-19(26)7-6-16(17)9-18/h4-7,9-10,12,14-15,21-22H,8,13H2,1-3H3,(H,28,29)(H,30,33)/t15-,21+,22?/m0/s1. The maximum absolute atomic E-state index is 13.4. The third-order valence-electron chi connectivity index (χ3n) is 6.18. The molecule has 1 unspecified atom stereocenters. The van der Waals surface area contributed by atoms with Crippen LogP contribution in [0.25, 0.3) is 22.0 Å². The minimum atomic E-state index is -0.762. The first-order chi connectivity index (χ1) is 16.3. The van der Waals surface area contributed by atoms with E-state index in [1.165, 1.54) is 7.11 Å². The molecule has 0 radical (unpaired) electrons. The van der Waals surface area contributed by atoms with Gasteiger partial charge in [-0.15, -0.1) is 0 Å². The number of benzene rings is 2. The third kappa shape index (κ3) is 4.77. The van der Waals surface area contributed by atoms with Gasteiger partial charge in [0.15, 0.2) is 0 Å². The minimum absolute atomic E-state index is 0.154. The molecular weight excluding hydrogens is 498 g/mol. The van der Waals surface area contributed by atoms with Crippen molar-refractivity contribution < 1.29 is 14.3 Å². The van der Waals surface area contributed by atoms with Gasteiger partial charge in [0.1, 0.15) is 11.9 Å². The van der Waals surface area contributed by atoms with E-state index in [-0.39, 0.29) is 30.3 Å². The highest BCUT2D eigenvalue weighted by molar-refractivity contribution is 9.10. The number of nitrogens with one attached hydrogen (secondary N) is 2. The summed E-state index contributed by atoms with van der Waals surface area (Å²) in [5, 5.41) is 14.4. The van der Waals surface area contributed by atoms with E-state index in [4.69, 9.17) is 4.74 Å². The summed E-state index contributed by atoms with van der Waals surface area (Å²) in [5.74, 6) is -0.0966. The van der Waals surface area contributed by atoms with Crippen molar-refractivity contribution in [1.82, 2.24) is 20.2 Å². The topological polar surface area (TPSA) is 111 Å². The zero-order valence-corrected chi connectivity index (χ0v) is 20.8. The van der Waals surface area contributed by atoms with Crippen LogP contribution >= 0.6 is 15.9 Å². The van der Waals surface area contributed by atoms with Crippen LogP contribution in [-0.4, -0.2) is 46.6 Å². The molecule has 8 nitrogen and oxygen atoms in total. The Kier molecular flexibility index (Phi) is 6.89. The Labute approximate surface area is 206 Å². The molecule has 0 spiro atoms. The van der Waals surface area contributed by atoms with Gasteiger partial charge < -0.3 is 19.9 Å². The van der Waals surface area contributed by atoms with E-state index in [0.29, 0.717) is 12.2 Å². The largest absolute Gasteiger partial charge is 0.453 e. The third-order valence-corrected chi connectivity index (χ3v) is 6.68. The molecule has 2 amide bonds. The molecule has 1 fully saturated rings. The number of alkyl carbamates (subject to hydrolysis) is 1. The fourth-order valence-electron chi connectivity index (χ4n) is 4.35. The molecule has 1 aliphatic heterocycles. The number of methoxy groups -OCH3 is 1. The maximum atomic E-state index is 13.4. The lowest BCUT2D eigenvalue weighted by Crippen LogP contribution is -2.51. The molecule has 2 heterocycles. The van der Waals surface area contributed by atoms with Crippen LogP contribution in [0.3, 0.4) is 0 Å². The number of hydrogen-bond acceptors (Lipinski definition) is 5. The van der Waals surface area contributed by atoms with Gasteiger partial charge in [-0.25, -0.2) is 9.78 Å². The second kappa shape index (κ2) is 9.85. The number of ether oxygens (including phenoxy) is 1. The van der Waals surface area contributed by atoms with Crippen molar-refractivity contribution in [3.05, 3.63) is 52.9 Å². The Balaban J connectivity index is 1.62. The van der Waals surface area contributed by atoms with Gasteiger partial charge in [-0.2, -0.15) is 5.26 Å². The van der Waals surface area contributed by atoms with Crippen LogP contribution in [0.2, 0.25) is 0 Å². The number of likely N-dealkylation sites (tertiary alicyclic amines) is 1. The quantitative estimate of drug-likeness (QED) is 0.499. The van der Waals surface area contributed by atoms with E-state index in [9.17, 15) is 14.9 Å². The Morgan fingerprint density at radius 3 is 2.71 bits per heavy atom. The molecule has 0 saturated carbocycles. The predicted molar refractivity (Wildman–Crippen MR) is 132 cm³/mol. The first-order valence-corrected chi connectivity index (χ1v) is 11.9. The van der Waals surface area contributed by atoms with Crippen LogP contribution in [0, 0.1) is 23.2 Å². The Morgan fingerprint density at radius 1 is 1.26 bits per heavy atom. The van der Waals surface area contributed by atoms with Gasteiger partial charge in [-0.05, 0) is 41.3 Å². The van der Waals surface area contributed by atoms with Crippen LogP contribution in [0.5, 0.6) is 0 Å². The highest BCUT2D eigenvalue weighted by Crippen LogP contribution is 2.36. The summed E-state index contributed by atoms with van der Waals surface area (Å²) in [7, 11) is 1.26. The van der Waals surface area contributed by atoms with Crippen molar-refractivity contribution in [2.45, 2.75) is 32.4 Å². The van der Waals surface area contributed by atoms with Crippen LogP contribution in [0.1, 0.15) is 32.1 Å². The van der Waals surface area contributed by atoms with Crippen LogP contribution < -0.4 is 5.32 Å². The van der Waals surface area contributed by atoms with Crippen LogP contribution in [0.15, 0.2) is 47.1 Å². The monoisotopic (exact) mass is 523 g/mol. The van der Waals surface area contributed by atoms with E-state index < -0.39 is 12.1 Å². The molecule has 4 rings (SSSR count). The summed E-state index contributed by atoms with van der Waals surface area (Å²) in [6, 6.07) is 13.4. The van der Waals surface area contributed by atoms with Gasteiger partial charge in [0.05, 0.1) is 37.0 Å². The Bertz CT molecular complexity index is 1260. The van der Waals surface area contributed by atoms with Crippen LogP contribution in [0.4, 0.5) is 4.79 Å². The second-order valence-electron chi connectivity index (χ2n) is 8.81. The van der Waals surface area contributed by atoms with Gasteiger partial charge in [-0.3, -0.25) is 4.79 Å². The smallest absolute Gasteiger partial charge is 0.407 e. The molecule has 0 bridgehead atoms. The average molecular weight is 524 g/mol. The average Bonchev–Trinajstić information content (AvgIpc) is 3.48. The van der Waals surface area contributed by atoms with Crippen molar-refractivity contribution in [1.29, 1.82) is 5.26 Å². The van der Waals surface area contributed by atoms with Crippen molar-refractivity contribution in [3.63, 3.8) is 0 Å². The molecule has 1 saturated heterocycles. The number of aromatic nitrogens is 2. The summed E-state index contributed by atoms with van der Waals surface area (Å²) in [4.78, 5) is 34.8. The SMILES string of the molecule is COC(=O)NC(C(=O)N1C[C@H](C#N)C[C@@H]1c1ncc(-c2ccc3cc(Br)ccc3c2)[nH]1)C(C)C. The van der Waals surface area contributed by atoms with Gasteiger partial charge in [0, 0.05) is 16.6 Å². The van der Waals surface area contributed by atoms with E-state index in [0.717, 1.165) is 26.5 Å². The maximum Gasteiger partial charge on any atom is 0.407 e. The first kappa shape index (κ1) is 23.8. The molecule has 1 aliphatic rings. The first-order valence-electron chi connectivity index (χ1n) is 11.1. The number of nitrogens with zero attached hydrogens (tertiary/aromatic N) is 3. The van der Waals surface area contributed by atoms with E-state index in [1.54, 1.807) is 11.1 Å². The fraction of sp³-hybridized carbons (Fsp3) is 0.360. The molecule has 0 aliphatic carbocycles. The summed E-state index contributed by atoms with van der Waals surface area (Å²) < 4.78 is 5.72. The van der Waals surface area contributed by atoms with Gasteiger partial charge in [0.2, 0.25) is 5.91 Å². The molecule has 34 heavy (non-hydrogen) atoms. The lowest BCUT2D eigenvalue weighted by Gasteiger charge is -2.29. The molecule has 2 N–H and O–H groups in total. The molecular formula is C25H26BrN5O3. The molecule has 176 valence electrons. The number of carbonyl (C=O) groups is 2. The van der Waals surface area contributed by atoms with E-state index >= 15 is 0 Å². The van der Waals surface area contributed by atoms with Crippen LogP contribution in [-0.2, 0) is 9.53 Å². The molecule has 9 heteroatoms. The second-order valence-corrected chi connectivity index (χ2v) is 9.73. The molecule has 3 aromatic rings. The highest BCUT2D eigenvalue weighted by Gasteiger charge is 2.41. The zero-order chi connectivity index (χ0) is 24.4. The Hall–Kier alpha value is -3.38. The van der Waals surface area contributed by atoms with E-state index in [1.807, 2.05) is 26.0 Å². The zero-order valence-electron chi connectivity index (χ0n) is 19.2. The minimum Gasteiger partial charge on any atom is -0.453 e. The number of H-pyrrole nitrogens is 1. The summed E-state index contributed by atoms with van der Waals surface area (Å²) in [5.41, 5.74) is 1.81. The normalized spacial score (nSPS) is 18.6. The summed E-state index contributed by atoms with van der Waals surface area (Å²) in [6.07, 6.45) is 1.57.